The molecule has 8 heteroatoms. The molecule has 2 N–H and O–H groups in total. The van der Waals surface area contributed by atoms with E-state index in [-0.39, 0.29) is 23.0 Å². The van der Waals surface area contributed by atoms with Gasteiger partial charge in [0.1, 0.15) is 23.9 Å². The number of hydrogen-bond acceptors (Lipinski definition) is 5. The lowest BCUT2D eigenvalue weighted by Crippen LogP contribution is -2.17. The fourth-order valence-corrected chi connectivity index (χ4v) is 2.78. The first kappa shape index (κ1) is 22.1. The van der Waals surface area contributed by atoms with Crippen LogP contribution in [0.1, 0.15) is 40.1 Å². The molecule has 3 rings (SSSR count). The van der Waals surface area contributed by atoms with Crippen molar-refractivity contribution in [1.29, 1.82) is 0 Å². The van der Waals surface area contributed by atoms with Gasteiger partial charge in [0.05, 0.1) is 17.2 Å². The molecule has 1 heterocycles. The molecule has 0 atom stereocenters. The SMILES string of the molecule is CC(C)Oc1ccc(OCc2ccc(Cl)cc2)cc1C(=O)Nc1ccc(C(=O)O)cn1. The van der Waals surface area contributed by atoms with Crippen molar-refractivity contribution in [2.75, 3.05) is 5.32 Å². The summed E-state index contributed by atoms with van der Waals surface area (Å²) in [6, 6.07) is 15.1. The van der Waals surface area contributed by atoms with Gasteiger partial charge in [-0.25, -0.2) is 9.78 Å². The molecule has 3 aromatic rings. The lowest BCUT2D eigenvalue weighted by molar-refractivity contribution is 0.0696. The van der Waals surface area contributed by atoms with Crippen LogP contribution in [0.5, 0.6) is 11.5 Å². The Hall–Kier alpha value is -3.58. The maximum Gasteiger partial charge on any atom is 0.337 e. The predicted molar refractivity (Wildman–Crippen MR) is 117 cm³/mol. The van der Waals surface area contributed by atoms with Gasteiger partial charge in [-0.05, 0) is 61.9 Å². The molecule has 0 radical (unpaired) electrons. The molecule has 2 aromatic carbocycles. The molecule has 0 saturated carbocycles. The van der Waals surface area contributed by atoms with E-state index in [1.165, 1.54) is 18.3 Å². The van der Waals surface area contributed by atoms with Gasteiger partial charge in [0.2, 0.25) is 0 Å². The van der Waals surface area contributed by atoms with E-state index in [1.54, 1.807) is 30.3 Å². The highest BCUT2D eigenvalue weighted by Gasteiger charge is 2.16. The Labute approximate surface area is 184 Å². The first-order valence-electron chi connectivity index (χ1n) is 9.50. The van der Waals surface area contributed by atoms with E-state index in [9.17, 15) is 9.59 Å². The maximum absolute atomic E-state index is 12.9. The number of carboxylic acid groups (broad SMARTS) is 1. The van der Waals surface area contributed by atoms with E-state index in [1.807, 2.05) is 26.0 Å². The molecule has 160 valence electrons. The summed E-state index contributed by atoms with van der Waals surface area (Å²) in [5.41, 5.74) is 1.23. The highest BCUT2D eigenvalue weighted by molar-refractivity contribution is 6.30. The molecule has 1 amide bonds. The summed E-state index contributed by atoms with van der Waals surface area (Å²) < 4.78 is 11.6. The number of amides is 1. The van der Waals surface area contributed by atoms with Gasteiger partial charge >= 0.3 is 5.97 Å². The van der Waals surface area contributed by atoms with Crippen LogP contribution in [0.25, 0.3) is 0 Å². The first-order chi connectivity index (χ1) is 14.8. The molecule has 1 aromatic heterocycles. The molecule has 0 aliphatic carbocycles. The maximum atomic E-state index is 12.9. The van der Waals surface area contributed by atoms with Crippen molar-refractivity contribution in [3.63, 3.8) is 0 Å². The summed E-state index contributed by atoms with van der Waals surface area (Å²) in [7, 11) is 0. The standard InChI is InChI=1S/C23H21ClN2O5/c1-14(2)31-20-9-8-18(30-13-15-3-6-17(24)7-4-15)11-19(20)22(27)26-21-10-5-16(12-25-21)23(28)29/h3-12,14H,13H2,1-2H3,(H,28,29)(H,25,26,27). The number of hydrogen-bond donors (Lipinski definition) is 2. The molecule has 7 nitrogen and oxygen atoms in total. The number of carbonyl (C=O) groups excluding carboxylic acids is 1. The minimum Gasteiger partial charge on any atom is -0.490 e. The van der Waals surface area contributed by atoms with E-state index < -0.39 is 11.9 Å². The monoisotopic (exact) mass is 440 g/mol. The van der Waals surface area contributed by atoms with Gasteiger partial charge in [-0.15, -0.1) is 0 Å². The topological polar surface area (TPSA) is 97.8 Å². The molecule has 0 bridgehead atoms. The molecule has 0 spiro atoms. The molecular formula is C23H21ClN2O5. The Bertz CT molecular complexity index is 1070. The molecule has 31 heavy (non-hydrogen) atoms. The van der Waals surface area contributed by atoms with Gasteiger partial charge in [-0.1, -0.05) is 23.7 Å². The zero-order chi connectivity index (χ0) is 22.4. The van der Waals surface area contributed by atoms with Crippen LogP contribution in [-0.2, 0) is 6.61 Å². The van der Waals surface area contributed by atoms with E-state index in [2.05, 4.69) is 10.3 Å². The summed E-state index contributed by atoms with van der Waals surface area (Å²) in [6.07, 6.45) is 1.04. The number of aromatic nitrogens is 1. The third-order valence-corrected chi connectivity index (χ3v) is 4.38. The number of benzene rings is 2. The number of carbonyl (C=O) groups is 2. The minimum atomic E-state index is -1.09. The Morgan fingerprint density at radius 3 is 2.45 bits per heavy atom. The van der Waals surface area contributed by atoms with Crippen LogP contribution in [0, 0.1) is 0 Å². The van der Waals surface area contributed by atoms with Crippen LogP contribution in [0.4, 0.5) is 5.82 Å². The number of rotatable bonds is 8. The quantitative estimate of drug-likeness (QED) is 0.508. The Morgan fingerprint density at radius 2 is 1.84 bits per heavy atom. The van der Waals surface area contributed by atoms with Crippen LogP contribution in [0.2, 0.25) is 5.02 Å². The van der Waals surface area contributed by atoms with Crippen molar-refractivity contribution in [1.82, 2.24) is 4.98 Å². The molecule has 0 saturated heterocycles. The van der Waals surface area contributed by atoms with E-state index >= 15 is 0 Å². The highest BCUT2D eigenvalue weighted by Crippen LogP contribution is 2.27. The van der Waals surface area contributed by atoms with Gasteiger partial charge in [-0.3, -0.25) is 4.79 Å². The smallest absolute Gasteiger partial charge is 0.337 e. The van der Waals surface area contributed by atoms with Crippen molar-refractivity contribution in [2.45, 2.75) is 26.6 Å². The minimum absolute atomic E-state index is 0.0272. The third kappa shape index (κ3) is 6.20. The van der Waals surface area contributed by atoms with Crippen molar-refractivity contribution in [3.05, 3.63) is 82.5 Å². The Kier molecular flexibility index (Phi) is 7.10. The van der Waals surface area contributed by atoms with Gasteiger partial charge < -0.3 is 19.9 Å². The van der Waals surface area contributed by atoms with Crippen LogP contribution >= 0.6 is 11.6 Å². The van der Waals surface area contributed by atoms with E-state index in [4.69, 9.17) is 26.2 Å². The number of anilines is 1. The number of ether oxygens (including phenoxy) is 2. The van der Waals surface area contributed by atoms with Crippen LogP contribution in [-0.4, -0.2) is 28.1 Å². The number of nitrogens with zero attached hydrogens (tertiary/aromatic N) is 1. The van der Waals surface area contributed by atoms with Gasteiger partial charge in [0, 0.05) is 11.2 Å². The zero-order valence-corrected chi connectivity index (χ0v) is 17.7. The van der Waals surface area contributed by atoms with Crippen molar-refractivity contribution >= 4 is 29.3 Å². The van der Waals surface area contributed by atoms with Crippen molar-refractivity contribution in [3.8, 4) is 11.5 Å². The summed E-state index contributed by atoms with van der Waals surface area (Å²) >= 11 is 5.90. The largest absolute Gasteiger partial charge is 0.490 e. The number of carboxylic acids is 1. The number of halogens is 1. The first-order valence-corrected chi connectivity index (χ1v) is 9.88. The number of pyridine rings is 1. The zero-order valence-electron chi connectivity index (χ0n) is 17.0. The van der Waals surface area contributed by atoms with Gasteiger partial charge in [0.15, 0.2) is 0 Å². The second-order valence-corrected chi connectivity index (χ2v) is 7.37. The number of aromatic carboxylic acids is 1. The van der Waals surface area contributed by atoms with Crippen molar-refractivity contribution in [2.24, 2.45) is 0 Å². The van der Waals surface area contributed by atoms with E-state index in [0.717, 1.165) is 5.56 Å². The van der Waals surface area contributed by atoms with Crippen LogP contribution < -0.4 is 14.8 Å². The van der Waals surface area contributed by atoms with Crippen LogP contribution in [0.15, 0.2) is 60.8 Å². The van der Waals surface area contributed by atoms with Gasteiger partial charge in [0.25, 0.3) is 5.91 Å². The fraction of sp³-hybridized carbons (Fsp3) is 0.174. The van der Waals surface area contributed by atoms with Crippen molar-refractivity contribution < 1.29 is 24.2 Å². The second-order valence-electron chi connectivity index (χ2n) is 6.93. The fourth-order valence-electron chi connectivity index (χ4n) is 2.66. The molecule has 0 aliphatic heterocycles. The average molecular weight is 441 g/mol. The molecular weight excluding hydrogens is 420 g/mol. The normalized spacial score (nSPS) is 10.6. The molecule has 0 unspecified atom stereocenters. The summed E-state index contributed by atoms with van der Waals surface area (Å²) in [6.45, 7) is 4.03. The lowest BCUT2D eigenvalue weighted by atomic mass is 10.1. The molecule has 0 aliphatic rings. The molecule has 0 fully saturated rings. The highest BCUT2D eigenvalue weighted by atomic mass is 35.5. The Balaban J connectivity index is 1.79. The second kappa shape index (κ2) is 9.95. The third-order valence-electron chi connectivity index (χ3n) is 4.13. The summed E-state index contributed by atoms with van der Waals surface area (Å²) in [5.74, 6) is -0.441. The summed E-state index contributed by atoms with van der Waals surface area (Å²) in [5, 5.41) is 12.3. The van der Waals surface area contributed by atoms with E-state index in [0.29, 0.717) is 23.1 Å². The number of nitrogens with one attached hydrogen (secondary N) is 1. The average Bonchev–Trinajstić information content (AvgIpc) is 2.74. The summed E-state index contributed by atoms with van der Waals surface area (Å²) in [4.78, 5) is 27.8. The van der Waals surface area contributed by atoms with Crippen LogP contribution in [0.3, 0.4) is 0 Å². The Morgan fingerprint density at radius 1 is 1.10 bits per heavy atom. The van der Waals surface area contributed by atoms with Gasteiger partial charge in [-0.2, -0.15) is 0 Å². The predicted octanol–water partition coefficient (Wildman–Crippen LogP) is 5.05. The lowest BCUT2D eigenvalue weighted by Gasteiger charge is -2.16.